The van der Waals surface area contributed by atoms with Crippen LogP contribution in [0.15, 0.2) is 66.9 Å². The van der Waals surface area contributed by atoms with Gasteiger partial charge in [0.1, 0.15) is 0 Å². The third kappa shape index (κ3) is 6.12. The molecular formula is C27H33ClN4O3S. The van der Waals surface area contributed by atoms with Crippen molar-refractivity contribution in [1.29, 1.82) is 0 Å². The Morgan fingerprint density at radius 1 is 1.03 bits per heavy atom. The number of anilines is 1. The van der Waals surface area contributed by atoms with Crippen molar-refractivity contribution in [3.05, 3.63) is 88.7 Å². The van der Waals surface area contributed by atoms with Crippen LogP contribution in [0.2, 0.25) is 5.02 Å². The molecule has 192 valence electrons. The first-order valence-corrected chi connectivity index (χ1v) is 14.5. The van der Waals surface area contributed by atoms with Gasteiger partial charge in [-0.15, -0.1) is 0 Å². The SMILES string of the molecule is O=S(=O)(CCN1CCOCC1)N1Cc2cc(Cl)ccc2N(Cc2ccc[nH]2)C[C@H]1Cc1ccccc1. The fourth-order valence-corrected chi connectivity index (χ4v) is 6.97. The number of aromatic amines is 1. The summed E-state index contributed by atoms with van der Waals surface area (Å²) in [4.78, 5) is 7.75. The first-order chi connectivity index (χ1) is 17.5. The minimum Gasteiger partial charge on any atom is -0.379 e. The molecule has 0 unspecified atom stereocenters. The molecule has 1 aromatic heterocycles. The lowest BCUT2D eigenvalue weighted by Gasteiger charge is -2.33. The Balaban J connectivity index is 1.48. The number of benzene rings is 2. The summed E-state index contributed by atoms with van der Waals surface area (Å²) < 4.78 is 35.0. The largest absolute Gasteiger partial charge is 0.379 e. The van der Waals surface area contributed by atoms with Crippen LogP contribution < -0.4 is 4.90 Å². The van der Waals surface area contributed by atoms with Gasteiger partial charge in [0.25, 0.3) is 0 Å². The van der Waals surface area contributed by atoms with Crippen molar-refractivity contribution in [2.24, 2.45) is 0 Å². The van der Waals surface area contributed by atoms with E-state index in [-0.39, 0.29) is 11.8 Å². The number of fused-ring (bicyclic) bond motifs is 1. The number of rotatable bonds is 8. The minimum absolute atomic E-state index is 0.0881. The van der Waals surface area contributed by atoms with Crippen LogP contribution in [0.3, 0.4) is 0 Å². The monoisotopic (exact) mass is 528 g/mol. The molecular weight excluding hydrogens is 496 g/mol. The Morgan fingerprint density at radius 3 is 2.58 bits per heavy atom. The summed E-state index contributed by atoms with van der Waals surface area (Å²) >= 11 is 6.40. The second-order valence-corrected chi connectivity index (χ2v) is 12.0. The van der Waals surface area contributed by atoms with Crippen LogP contribution in [0.4, 0.5) is 5.69 Å². The molecule has 0 radical (unpaired) electrons. The third-order valence-corrected chi connectivity index (χ3v) is 9.09. The van der Waals surface area contributed by atoms with Crippen LogP contribution in [-0.2, 0) is 34.3 Å². The van der Waals surface area contributed by atoms with Crippen LogP contribution in [0.1, 0.15) is 16.8 Å². The highest BCUT2D eigenvalue weighted by molar-refractivity contribution is 7.89. The number of aromatic nitrogens is 1. The topological polar surface area (TPSA) is 68.9 Å². The number of nitrogens with zero attached hydrogens (tertiary/aromatic N) is 3. The zero-order valence-electron chi connectivity index (χ0n) is 20.4. The highest BCUT2D eigenvalue weighted by Crippen LogP contribution is 2.33. The molecule has 2 aliphatic rings. The van der Waals surface area contributed by atoms with Crippen LogP contribution in [0, 0.1) is 0 Å². The molecule has 0 spiro atoms. The average Bonchev–Trinajstić information content (AvgIpc) is 3.34. The van der Waals surface area contributed by atoms with E-state index in [0.29, 0.717) is 50.8 Å². The Morgan fingerprint density at radius 2 is 1.83 bits per heavy atom. The van der Waals surface area contributed by atoms with Gasteiger partial charge < -0.3 is 14.6 Å². The van der Waals surface area contributed by atoms with Crippen molar-refractivity contribution >= 4 is 27.3 Å². The van der Waals surface area contributed by atoms with E-state index in [1.54, 1.807) is 4.31 Å². The molecule has 3 heterocycles. The van der Waals surface area contributed by atoms with Crippen LogP contribution in [-0.4, -0.2) is 73.8 Å². The molecule has 0 aliphatic carbocycles. The normalized spacial score (nSPS) is 19.7. The van der Waals surface area contributed by atoms with Crippen molar-refractivity contribution in [2.75, 3.05) is 50.0 Å². The smallest absolute Gasteiger partial charge is 0.215 e. The number of hydrogen-bond acceptors (Lipinski definition) is 5. The van der Waals surface area contributed by atoms with E-state index in [1.807, 2.05) is 48.7 Å². The first-order valence-electron chi connectivity index (χ1n) is 12.5. The molecule has 1 atom stereocenters. The van der Waals surface area contributed by atoms with Gasteiger partial charge >= 0.3 is 0 Å². The van der Waals surface area contributed by atoms with Crippen molar-refractivity contribution in [2.45, 2.75) is 25.6 Å². The lowest BCUT2D eigenvalue weighted by molar-refractivity contribution is 0.0406. The zero-order valence-corrected chi connectivity index (χ0v) is 21.9. The number of sulfonamides is 1. The highest BCUT2D eigenvalue weighted by atomic mass is 35.5. The van der Waals surface area contributed by atoms with E-state index < -0.39 is 10.0 Å². The van der Waals surface area contributed by atoms with E-state index in [1.165, 1.54) is 0 Å². The predicted molar refractivity (Wildman–Crippen MR) is 144 cm³/mol. The van der Waals surface area contributed by atoms with Gasteiger partial charge in [0.05, 0.1) is 25.5 Å². The van der Waals surface area contributed by atoms with Gasteiger partial charge in [0.2, 0.25) is 10.0 Å². The summed E-state index contributed by atoms with van der Waals surface area (Å²) in [6, 6.07) is 19.8. The molecule has 1 fully saturated rings. The van der Waals surface area contributed by atoms with Crippen LogP contribution in [0.25, 0.3) is 0 Å². The number of ether oxygens (including phenoxy) is 1. The number of H-pyrrole nitrogens is 1. The van der Waals surface area contributed by atoms with Gasteiger partial charge in [-0.05, 0) is 47.9 Å². The van der Waals surface area contributed by atoms with Crippen molar-refractivity contribution in [1.82, 2.24) is 14.2 Å². The maximum atomic E-state index is 13.9. The molecule has 2 aromatic carbocycles. The summed E-state index contributed by atoms with van der Waals surface area (Å²) in [7, 11) is -3.54. The van der Waals surface area contributed by atoms with Crippen LogP contribution >= 0.6 is 11.6 Å². The quantitative estimate of drug-likeness (QED) is 0.482. The van der Waals surface area contributed by atoms with Gasteiger partial charge in [-0.25, -0.2) is 8.42 Å². The molecule has 5 rings (SSSR count). The fourth-order valence-electron chi connectivity index (χ4n) is 5.12. The molecule has 36 heavy (non-hydrogen) atoms. The second-order valence-electron chi connectivity index (χ2n) is 9.51. The van der Waals surface area contributed by atoms with Crippen molar-refractivity contribution in [3.8, 4) is 0 Å². The van der Waals surface area contributed by atoms with E-state index in [9.17, 15) is 8.42 Å². The van der Waals surface area contributed by atoms with E-state index in [0.717, 1.165) is 35.6 Å². The summed E-state index contributed by atoms with van der Waals surface area (Å²) in [6.07, 6.45) is 2.56. The molecule has 1 saturated heterocycles. The van der Waals surface area contributed by atoms with Crippen LogP contribution in [0.5, 0.6) is 0 Å². The molecule has 0 bridgehead atoms. The maximum absolute atomic E-state index is 13.9. The lowest BCUT2D eigenvalue weighted by atomic mass is 10.1. The second kappa shape index (κ2) is 11.4. The first kappa shape index (κ1) is 25.3. The number of halogens is 1. The summed E-state index contributed by atoms with van der Waals surface area (Å²) in [6.45, 7) is 4.90. The Kier molecular flexibility index (Phi) is 7.98. The Hall–Kier alpha value is -2.36. The Labute approximate surface area is 218 Å². The number of hydrogen-bond donors (Lipinski definition) is 1. The summed E-state index contributed by atoms with van der Waals surface area (Å²) in [5.74, 6) is 0.0881. The number of morpholine rings is 1. The standard InChI is InChI=1S/C27H33ClN4O3S/c28-24-8-9-27-23(18-24)19-32(36(33,34)16-13-30-11-14-35-15-12-30)26(17-22-5-2-1-3-6-22)21-31(27)20-25-7-4-10-29-25/h1-10,18,26,29H,11-17,19-21H2/t26-/m1/s1. The van der Waals surface area contributed by atoms with Gasteiger partial charge in [-0.3, -0.25) is 4.90 Å². The molecule has 2 aliphatic heterocycles. The minimum atomic E-state index is -3.54. The fraction of sp³-hybridized carbons (Fsp3) is 0.407. The number of nitrogens with one attached hydrogen (secondary N) is 1. The Bertz CT molecular complexity index is 1230. The molecule has 7 nitrogen and oxygen atoms in total. The highest BCUT2D eigenvalue weighted by Gasteiger charge is 2.36. The predicted octanol–water partition coefficient (Wildman–Crippen LogP) is 3.76. The molecule has 0 saturated carbocycles. The summed E-state index contributed by atoms with van der Waals surface area (Å²) in [5.41, 5.74) is 4.16. The van der Waals surface area contributed by atoms with Gasteiger partial charge in [-0.1, -0.05) is 41.9 Å². The molecule has 1 N–H and O–H groups in total. The van der Waals surface area contributed by atoms with Gasteiger partial charge in [-0.2, -0.15) is 4.31 Å². The van der Waals surface area contributed by atoms with E-state index >= 15 is 0 Å². The van der Waals surface area contributed by atoms with E-state index in [2.05, 4.69) is 33.0 Å². The van der Waals surface area contributed by atoms with Gasteiger partial charge in [0, 0.05) is 61.4 Å². The van der Waals surface area contributed by atoms with Crippen molar-refractivity contribution < 1.29 is 13.2 Å². The summed E-state index contributed by atoms with van der Waals surface area (Å²) in [5, 5.41) is 0.612. The van der Waals surface area contributed by atoms with Gasteiger partial charge in [0.15, 0.2) is 0 Å². The molecule has 9 heteroatoms. The molecule has 3 aromatic rings. The average molecular weight is 529 g/mol. The van der Waals surface area contributed by atoms with Crippen molar-refractivity contribution in [3.63, 3.8) is 0 Å². The zero-order chi connectivity index (χ0) is 25.0. The third-order valence-electron chi connectivity index (χ3n) is 7.01. The van der Waals surface area contributed by atoms with E-state index in [4.69, 9.17) is 16.3 Å². The maximum Gasteiger partial charge on any atom is 0.215 e. The lowest BCUT2D eigenvalue weighted by Crippen LogP contribution is -2.48. The molecule has 0 amide bonds.